The number of rotatable bonds is 3. The second-order valence-corrected chi connectivity index (χ2v) is 6.00. The molecule has 2 unspecified atom stereocenters. The predicted octanol–water partition coefficient (Wildman–Crippen LogP) is 3.10. The molecule has 110 valence electrons. The van der Waals surface area contributed by atoms with E-state index in [1.165, 1.54) is 0 Å². The molecule has 2 heterocycles. The molecule has 0 spiro atoms. The molecule has 3 rings (SSSR count). The minimum Gasteiger partial charge on any atom is -0.492 e. The van der Waals surface area contributed by atoms with Crippen LogP contribution in [0.3, 0.4) is 0 Å². The summed E-state index contributed by atoms with van der Waals surface area (Å²) in [7, 11) is 0. The number of aromatic nitrogens is 1. The molecule has 0 saturated carbocycles. The Bertz CT molecular complexity index is 683. The van der Waals surface area contributed by atoms with Crippen molar-refractivity contribution in [2.75, 3.05) is 6.61 Å². The number of ether oxygens (including phenoxy) is 1. The van der Waals surface area contributed by atoms with Crippen LogP contribution in [0.2, 0.25) is 0 Å². The monoisotopic (exact) mass is 350 g/mol. The van der Waals surface area contributed by atoms with Crippen molar-refractivity contribution < 1.29 is 13.9 Å². The van der Waals surface area contributed by atoms with Gasteiger partial charge in [-0.05, 0) is 32.0 Å². The normalized spacial score (nSPS) is 18.0. The first kappa shape index (κ1) is 14.1. The van der Waals surface area contributed by atoms with Gasteiger partial charge in [0.15, 0.2) is 0 Å². The van der Waals surface area contributed by atoms with Gasteiger partial charge in [0, 0.05) is 10.0 Å². The second kappa shape index (κ2) is 5.52. The Morgan fingerprint density at radius 3 is 3.05 bits per heavy atom. The zero-order valence-corrected chi connectivity index (χ0v) is 13.3. The standard InChI is InChI=1S/C15H15BrN2O3/c1-8-6-17-15(21-8)9(2)18-14(19)12-7-20-13-4-3-10(16)5-11(12)13/h3-6,9,12H,7H2,1-2H3,(H,18,19). The summed E-state index contributed by atoms with van der Waals surface area (Å²) in [5.41, 5.74) is 0.901. The fourth-order valence-corrected chi connectivity index (χ4v) is 2.73. The first-order valence-electron chi connectivity index (χ1n) is 6.69. The van der Waals surface area contributed by atoms with E-state index in [1.807, 2.05) is 32.0 Å². The molecule has 2 atom stereocenters. The average molecular weight is 351 g/mol. The van der Waals surface area contributed by atoms with Crippen LogP contribution in [-0.2, 0) is 4.79 Å². The summed E-state index contributed by atoms with van der Waals surface area (Å²) in [6, 6.07) is 5.42. The zero-order chi connectivity index (χ0) is 15.0. The number of carbonyl (C=O) groups is 1. The Morgan fingerprint density at radius 1 is 1.52 bits per heavy atom. The average Bonchev–Trinajstić information content (AvgIpc) is 3.04. The van der Waals surface area contributed by atoms with Crippen molar-refractivity contribution in [3.05, 3.63) is 46.1 Å². The highest BCUT2D eigenvalue weighted by molar-refractivity contribution is 9.10. The number of oxazole rings is 1. The van der Waals surface area contributed by atoms with Crippen LogP contribution < -0.4 is 10.1 Å². The van der Waals surface area contributed by atoms with Crippen LogP contribution in [0.15, 0.2) is 33.3 Å². The lowest BCUT2D eigenvalue weighted by Gasteiger charge is -2.14. The minimum absolute atomic E-state index is 0.0878. The van der Waals surface area contributed by atoms with E-state index < -0.39 is 0 Å². The van der Waals surface area contributed by atoms with E-state index in [4.69, 9.17) is 9.15 Å². The highest BCUT2D eigenvalue weighted by Crippen LogP contribution is 2.36. The molecular formula is C15H15BrN2O3. The molecule has 21 heavy (non-hydrogen) atoms. The lowest BCUT2D eigenvalue weighted by atomic mass is 10.0. The Kier molecular flexibility index (Phi) is 3.71. The van der Waals surface area contributed by atoms with Crippen molar-refractivity contribution in [3.63, 3.8) is 0 Å². The van der Waals surface area contributed by atoms with Gasteiger partial charge in [0.1, 0.15) is 30.1 Å². The Balaban J connectivity index is 1.74. The number of carbonyl (C=O) groups excluding carboxylic acids is 1. The molecule has 0 aliphatic carbocycles. The van der Waals surface area contributed by atoms with Gasteiger partial charge in [-0.25, -0.2) is 4.98 Å². The van der Waals surface area contributed by atoms with Gasteiger partial charge in [-0.2, -0.15) is 0 Å². The van der Waals surface area contributed by atoms with E-state index in [0.29, 0.717) is 12.5 Å². The molecule has 1 aliphatic heterocycles. The van der Waals surface area contributed by atoms with Crippen LogP contribution in [0.4, 0.5) is 0 Å². The zero-order valence-electron chi connectivity index (χ0n) is 11.7. The van der Waals surface area contributed by atoms with Crippen molar-refractivity contribution in [1.29, 1.82) is 0 Å². The quantitative estimate of drug-likeness (QED) is 0.923. The summed E-state index contributed by atoms with van der Waals surface area (Å²) in [5.74, 6) is 1.60. The summed E-state index contributed by atoms with van der Waals surface area (Å²) in [6.07, 6.45) is 1.64. The third-order valence-corrected chi connectivity index (χ3v) is 3.93. The van der Waals surface area contributed by atoms with Gasteiger partial charge in [0.2, 0.25) is 11.8 Å². The summed E-state index contributed by atoms with van der Waals surface area (Å²) in [4.78, 5) is 16.6. The summed E-state index contributed by atoms with van der Waals surface area (Å²) < 4.78 is 11.9. The maximum Gasteiger partial charge on any atom is 0.231 e. The molecule has 0 bridgehead atoms. The Hall–Kier alpha value is -1.82. The number of nitrogens with one attached hydrogen (secondary N) is 1. The maximum absolute atomic E-state index is 12.4. The van der Waals surface area contributed by atoms with Gasteiger partial charge in [0.25, 0.3) is 0 Å². The molecule has 1 aromatic carbocycles. The molecule has 2 aromatic rings. The van der Waals surface area contributed by atoms with Crippen LogP contribution in [0, 0.1) is 6.92 Å². The molecular weight excluding hydrogens is 336 g/mol. The Labute approximate surface area is 130 Å². The fourth-order valence-electron chi connectivity index (χ4n) is 2.35. The van der Waals surface area contributed by atoms with Gasteiger partial charge in [0.05, 0.1) is 6.20 Å². The van der Waals surface area contributed by atoms with Crippen molar-refractivity contribution in [3.8, 4) is 5.75 Å². The number of halogens is 1. The van der Waals surface area contributed by atoms with Gasteiger partial charge in [-0.15, -0.1) is 0 Å². The Morgan fingerprint density at radius 2 is 2.33 bits per heavy atom. The van der Waals surface area contributed by atoms with Crippen LogP contribution >= 0.6 is 15.9 Å². The van der Waals surface area contributed by atoms with Gasteiger partial charge >= 0.3 is 0 Å². The minimum atomic E-state index is -0.309. The number of benzene rings is 1. The molecule has 1 aromatic heterocycles. The molecule has 0 radical (unpaired) electrons. The number of nitrogens with zero attached hydrogens (tertiary/aromatic N) is 1. The van der Waals surface area contributed by atoms with Crippen molar-refractivity contribution in [2.45, 2.75) is 25.8 Å². The van der Waals surface area contributed by atoms with Crippen molar-refractivity contribution in [2.24, 2.45) is 0 Å². The van der Waals surface area contributed by atoms with E-state index in [2.05, 4.69) is 26.2 Å². The first-order chi connectivity index (χ1) is 10.0. The van der Waals surface area contributed by atoms with Gasteiger partial charge in [-0.1, -0.05) is 15.9 Å². The van der Waals surface area contributed by atoms with E-state index in [1.54, 1.807) is 6.20 Å². The van der Waals surface area contributed by atoms with E-state index in [0.717, 1.165) is 21.5 Å². The first-order valence-corrected chi connectivity index (χ1v) is 7.49. The van der Waals surface area contributed by atoms with E-state index >= 15 is 0 Å². The smallest absolute Gasteiger partial charge is 0.231 e. The molecule has 1 aliphatic rings. The third kappa shape index (κ3) is 2.81. The lowest BCUT2D eigenvalue weighted by Crippen LogP contribution is -2.32. The largest absolute Gasteiger partial charge is 0.492 e. The molecule has 6 heteroatoms. The summed E-state index contributed by atoms with van der Waals surface area (Å²) in [6.45, 7) is 4.03. The number of fused-ring (bicyclic) bond motifs is 1. The number of hydrogen-bond acceptors (Lipinski definition) is 4. The van der Waals surface area contributed by atoms with Gasteiger partial charge in [-0.3, -0.25) is 4.79 Å². The number of amides is 1. The molecule has 5 nitrogen and oxygen atoms in total. The number of hydrogen-bond donors (Lipinski definition) is 1. The lowest BCUT2D eigenvalue weighted by molar-refractivity contribution is -0.123. The van der Waals surface area contributed by atoms with Crippen LogP contribution in [0.5, 0.6) is 5.75 Å². The summed E-state index contributed by atoms with van der Waals surface area (Å²) in [5, 5.41) is 2.92. The number of aryl methyl sites for hydroxylation is 1. The highest BCUT2D eigenvalue weighted by atomic mass is 79.9. The predicted molar refractivity (Wildman–Crippen MR) is 80.2 cm³/mol. The van der Waals surface area contributed by atoms with Crippen molar-refractivity contribution in [1.82, 2.24) is 10.3 Å². The van der Waals surface area contributed by atoms with Crippen LogP contribution in [0.25, 0.3) is 0 Å². The topological polar surface area (TPSA) is 64.4 Å². The van der Waals surface area contributed by atoms with Gasteiger partial charge < -0.3 is 14.5 Å². The third-order valence-electron chi connectivity index (χ3n) is 3.44. The molecule has 0 saturated heterocycles. The second-order valence-electron chi connectivity index (χ2n) is 5.09. The summed E-state index contributed by atoms with van der Waals surface area (Å²) >= 11 is 3.42. The van der Waals surface area contributed by atoms with Crippen LogP contribution in [-0.4, -0.2) is 17.5 Å². The SMILES string of the molecule is Cc1cnc(C(C)NC(=O)C2COc3ccc(Br)cc32)o1. The van der Waals surface area contributed by atoms with E-state index in [9.17, 15) is 4.79 Å². The molecule has 0 fully saturated rings. The molecule has 1 N–H and O–H groups in total. The fraction of sp³-hybridized carbons (Fsp3) is 0.333. The van der Waals surface area contributed by atoms with Crippen LogP contribution in [0.1, 0.15) is 36.1 Å². The highest BCUT2D eigenvalue weighted by Gasteiger charge is 2.31. The van der Waals surface area contributed by atoms with E-state index in [-0.39, 0.29) is 17.9 Å². The maximum atomic E-state index is 12.4. The molecule has 1 amide bonds. The van der Waals surface area contributed by atoms with Crippen molar-refractivity contribution >= 4 is 21.8 Å².